The summed E-state index contributed by atoms with van der Waals surface area (Å²) in [6, 6.07) is 10.3. The fraction of sp³-hybridized carbons (Fsp3) is 0.348. The first-order valence-corrected chi connectivity index (χ1v) is 9.97. The lowest BCUT2D eigenvalue weighted by molar-refractivity contribution is -0.922. The van der Waals surface area contributed by atoms with Crippen molar-refractivity contribution in [2.24, 2.45) is 5.92 Å². The number of quaternary nitrogens is 1. The molecule has 6 nitrogen and oxygen atoms in total. The lowest BCUT2D eigenvalue weighted by Gasteiger charge is -2.28. The molecule has 4 rings (SSSR count). The van der Waals surface area contributed by atoms with Gasteiger partial charge in [0, 0.05) is 5.92 Å². The molecule has 0 aliphatic carbocycles. The molecule has 2 heterocycles. The number of piperidine rings is 1. The maximum absolute atomic E-state index is 13.0. The Morgan fingerprint density at radius 3 is 2.72 bits per heavy atom. The maximum atomic E-state index is 13.0. The number of likely N-dealkylation sites (tertiary alicyclic amines) is 1. The number of nitrogens with one attached hydrogen (secondary N) is 1. The minimum atomic E-state index is -0.277. The number of phenolic OH excluding ortho intramolecular Hbond substituents is 1. The Hall–Kier alpha value is -2.99. The zero-order chi connectivity index (χ0) is 20.4. The number of aromatic hydroxyl groups is 1. The highest BCUT2D eigenvalue weighted by molar-refractivity contribution is 5.82. The quantitative estimate of drug-likeness (QED) is 0.693. The van der Waals surface area contributed by atoms with Crippen LogP contribution in [0.4, 0.5) is 0 Å². The Morgan fingerprint density at radius 2 is 1.97 bits per heavy atom. The number of phenols is 1. The number of rotatable bonds is 5. The maximum Gasteiger partial charge on any atom is 0.235 e. The van der Waals surface area contributed by atoms with Gasteiger partial charge in [-0.05, 0) is 37.1 Å². The van der Waals surface area contributed by atoms with Gasteiger partial charge in [-0.2, -0.15) is 0 Å². The summed E-state index contributed by atoms with van der Waals surface area (Å²) in [5.41, 5.74) is 0.820. The Balaban J connectivity index is 1.70. The van der Waals surface area contributed by atoms with Crippen LogP contribution in [0.5, 0.6) is 23.0 Å². The zero-order valence-electron chi connectivity index (χ0n) is 16.7. The highest BCUT2D eigenvalue weighted by Crippen LogP contribution is 2.32. The second-order valence-electron chi connectivity index (χ2n) is 7.75. The van der Waals surface area contributed by atoms with Crippen LogP contribution in [0.2, 0.25) is 0 Å². The van der Waals surface area contributed by atoms with Crippen molar-refractivity contribution in [1.82, 2.24) is 0 Å². The van der Waals surface area contributed by atoms with E-state index in [0.717, 1.165) is 13.1 Å². The van der Waals surface area contributed by atoms with Gasteiger partial charge in [-0.25, -0.2) is 0 Å². The van der Waals surface area contributed by atoms with Crippen molar-refractivity contribution in [2.75, 3.05) is 20.2 Å². The van der Waals surface area contributed by atoms with Crippen LogP contribution in [0.1, 0.15) is 25.3 Å². The van der Waals surface area contributed by atoms with Gasteiger partial charge in [0.2, 0.25) is 11.2 Å². The van der Waals surface area contributed by atoms with Crippen molar-refractivity contribution in [1.29, 1.82) is 0 Å². The molecule has 152 valence electrons. The average molecular weight is 396 g/mol. The van der Waals surface area contributed by atoms with Crippen molar-refractivity contribution in [3.63, 3.8) is 0 Å². The molecule has 1 fully saturated rings. The van der Waals surface area contributed by atoms with E-state index in [1.807, 2.05) is 6.07 Å². The molecular weight excluding hydrogens is 370 g/mol. The monoisotopic (exact) mass is 396 g/mol. The molecule has 1 aromatic heterocycles. The summed E-state index contributed by atoms with van der Waals surface area (Å²) in [6.07, 6.45) is 3.72. The number of fused-ring (bicyclic) bond motifs is 1. The van der Waals surface area contributed by atoms with Crippen LogP contribution in [0.3, 0.4) is 0 Å². The second-order valence-corrected chi connectivity index (χ2v) is 7.75. The van der Waals surface area contributed by atoms with E-state index in [1.165, 1.54) is 24.0 Å². The fourth-order valence-corrected chi connectivity index (χ4v) is 4.10. The molecular formula is C23H26NO5+. The SMILES string of the molecule is COc1ccccc1Oc1coc2c(C[NH+]3CCC[C@H](C)C3)c(O)ccc2c1=O. The van der Waals surface area contributed by atoms with Gasteiger partial charge in [0.15, 0.2) is 17.1 Å². The summed E-state index contributed by atoms with van der Waals surface area (Å²) >= 11 is 0. The Morgan fingerprint density at radius 1 is 1.17 bits per heavy atom. The lowest BCUT2D eigenvalue weighted by Crippen LogP contribution is -3.12. The van der Waals surface area contributed by atoms with Gasteiger partial charge in [0.25, 0.3) is 0 Å². The molecule has 1 aliphatic rings. The van der Waals surface area contributed by atoms with Gasteiger partial charge in [-0.15, -0.1) is 0 Å². The van der Waals surface area contributed by atoms with Gasteiger partial charge in [0.05, 0.1) is 31.1 Å². The molecule has 29 heavy (non-hydrogen) atoms. The van der Waals surface area contributed by atoms with Gasteiger partial charge in [-0.1, -0.05) is 19.1 Å². The van der Waals surface area contributed by atoms with E-state index in [-0.39, 0.29) is 16.9 Å². The van der Waals surface area contributed by atoms with Crippen molar-refractivity contribution in [3.05, 3.63) is 58.4 Å². The Labute approximate surface area is 169 Å². The van der Waals surface area contributed by atoms with Crippen molar-refractivity contribution in [3.8, 4) is 23.0 Å². The van der Waals surface area contributed by atoms with Crippen LogP contribution in [-0.2, 0) is 6.54 Å². The predicted molar refractivity (Wildman–Crippen MR) is 110 cm³/mol. The molecule has 1 unspecified atom stereocenters. The minimum Gasteiger partial charge on any atom is -0.507 e. The molecule has 2 atom stereocenters. The van der Waals surface area contributed by atoms with Crippen LogP contribution in [0.15, 0.2) is 51.9 Å². The molecule has 1 saturated heterocycles. The minimum absolute atomic E-state index is 0.0811. The smallest absolute Gasteiger partial charge is 0.235 e. The van der Waals surface area contributed by atoms with E-state index in [2.05, 4.69) is 6.92 Å². The third kappa shape index (κ3) is 3.93. The summed E-state index contributed by atoms with van der Waals surface area (Å²) in [7, 11) is 1.55. The van der Waals surface area contributed by atoms with E-state index >= 15 is 0 Å². The van der Waals surface area contributed by atoms with Gasteiger partial charge in [-0.3, -0.25) is 4.79 Å². The molecule has 0 radical (unpaired) electrons. The van der Waals surface area contributed by atoms with Crippen LogP contribution < -0.4 is 19.8 Å². The molecule has 0 amide bonds. The Kier molecular flexibility index (Phi) is 5.45. The van der Waals surface area contributed by atoms with Crippen molar-refractivity contribution in [2.45, 2.75) is 26.3 Å². The normalized spacial score (nSPS) is 19.2. The largest absolute Gasteiger partial charge is 0.507 e. The number of hydrogen-bond acceptors (Lipinski definition) is 5. The number of methoxy groups -OCH3 is 1. The second kappa shape index (κ2) is 8.17. The summed E-state index contributed by atoms with van der Waals surface area (Å²) in [5.74, 6) is 1.86. The Bertz CT molecular complexity index is 1070. The lowest BCUT2D eigenvalue weighted by atomic mass is 9.99. The van der Waals surface area contributed by atoms with E-state index in [9.17, 15) is 9.90 Å². The number of benzene rings is 2. The molecule has 2 N–H and O–H groups in total. The van der Waals surface area contributed by atoms with E-state index in [1.54, 1.807) is 37.4 Å². The molecule has 0 saturated carbocycles. The van der Waals surface area contributed by atoms with Crippen LogP contribution in [0, 0.1) is 5.92 Å². The van der Waals surface area contributed by atoms with E-state index in [4.69, 9.17) is 13.9 Å². The highest BCUT2D eigenvalue weighted by atomic mass is 16.5. The first-order chi connectivity index (χ1) is 14.1. The van der Waals surface area contributed by atoms with E-state index in [0.29, 0.717) is 40.5 Å². The van der Waals surface area contributed by atoms with Crippen molar-refractivity contribution < 1.29 is 23.9 Å². The standard InChI is InChI=1S/C23H25NO5/c1-15-6-5-11-24(12-15)13-17-18(25)10-9-16-22(26)21(14-28-23(16)17)29-20-8-4-3-7-19(20)27-2/h3-4,7-10,14-15,25H,5-6,11-13H2,1-2H3/p+1/t15-/m0/s1. The highest BCUT2D eigenvalue weighted by Gasteiger charge is 2.24. The summed E-state index contributed by atoms with van der Waals surface area (Å²) in [4.78, 5) is 14.4. The average Bonchev–Trinajstić information content (AvgIpc) is 2.72. The summed E-state index contributed by atoms with van der Waals surface area (Å²) < 4.78 is 16.9. The first kappa shape index (κ1) is 19.3. The molecule has 6 heteroatoms. The van der Waals surface area contributed by atoms with Gasteiger partial charge >= 0.3 is 0 Å². The molecule has 0 spiro atoms. The van der Waals surface area contributed by atoms with Crippen LogP contribution in [0.25, 0.3) is 11.0 Å². The molecule has 2 aromatic carbocycles. The van der Waals surface area contributed by atoms with Crippen molar-refractivity contribution >= 4 is 11.0 Å². The van der Waals surface area contributed by atoms with Gasteiger partial charge in [0.1, 0.15) is 18.6 Å². The van der Waals surface area contributed by atoms with Gasteiger partial charge < -0.3 is 23.9 Å². The number of ether oxygens (including phenoxy) is 2. The molecule has 3 aromatic rings. The molecule has 0 bridgehead atoms. The molecule has 1 aliphatic heterocycles. The number of hydrogen-bond donors (Lipinski definition) is 2. The summed E-state index contributed by atoms with van der Waals surface area (Å²) in [6.45, 7) is 4.99. The summed E-state index contributed by atoms with van der Waals surface area (Å²) in [5, 5.41) is 10.8. The van der Waals surface area contributed by atoms with E-state index < -0.39 is 0 Å². The predicted octanol–water partition coefficient (Wildman–Crippen LogP) is 3.11. The third-order valence-electron chi connectivity index (χ3n) is 5.57. The van der Waals surface area contributed by atoms with Crippen LogP contribution in [-0.4, -0.2) is 25.3 Å². The fourth-order valence-electron chi connectivity index (χ4n) is 4.10. The number of para-hydroxylation sites is 2. The zero-order valence-corrected chi connectivity index (χ0v) is 16.7. The van der Waals surface area contributed by atoms with Crippen LogP contribution >= 0.6 is 0 Å². The third-order valence-corrected chi connectivity index (χ3v) is 5.57. The topological polar surface area (TPSA) is 73.3 Å². The first-order valence-electron chi connectivity index (χ1n) is 9.97.